The largest absolute Gasteiger partial charge is 0.373 e. The van der Waals surface area contributed by atoms with E-state index in [9.17, 15) is 4.79 Å². The van der Waals surface area contributed by atoms with E-state index in [0.29, 0.717) is 19.7 Å². The Labute approximate surface area is 187 Å². The molecule has 174 valence electrons. The summed E-state index contributed by atoms with van der Waals surface area (Å²) in [6.07, 6.45) is 7.49. The molecule has 0 radical (unpaired) electrons. The molecule has 0 spiro atoms. The standard InChI is InChI=1S/C23H40N6O2/c1-19-5-9-28(10-6-19)18-22(30)29-13-14-31-21(23(29)20-15-24-26(3)16-20)17-27-8-4-7-25(2)11-12-27/h15-16,19,21,23H,4-14,17-18H2,1-3H3/t21-,23-/m0/s1. The molecular formula is C23H40N6O2. The molecule has 1 aromatic heterocycles. The average molecular weight is 433 g/mol. The van der Waals surface area contributed by atoms with E-state index >= 15 is 0 Å². The van der Waals surface area contributed by atoms with E-state index in [4.69, 9.17) is 4.74 Å². The number of amides is 1. The fourth-order valence-corrected chi connectivity index (χ4v) is 5.19. The van der Waals surface area contributed by atoms with Crippen LogP contribution in [0.1, 0.15) is 37.8 Å². The van der Waals surface area contributed by atoms with Crippen molar-refractivity contribution in [1.29, 1.82) is 0 Å². The van der Waals surface area contributed by atoms with Gasteiger partial charge in [-0.2, -0.15) is 5.10 Å². The average Bonchev–Trinajstić information content (AvgIpc) is 3.08. The number of likely N-dealkylation sites (N-methyl/N-ethyl adjacent to an activating group) is 1. The van der Waals surface area contributed by atoms with Gasteiger partial charge in [-0.3, -0.25) is 19.3 Å². The third kappa shape index (κ3) is 5.86. The van der Waals surface area contributed by atoms with Crippen LogP contribution in [0.3, 0.4) is 0 Å². The molecule has 1 amide bonds. The van der Waals surface area contributed by atoms with Crippen LogP contribution < -0.4 is 0 Å². The molecule has 8 nitrogen and oxygen atoms in total. The molecule has 4 rings (SSSR count). The Hall–Kier alpha value is -1.48. The normalized spacial score (nSPS) is 28.0. The van der Waals surface area contributed by atoms with E-state index in [1.54, 1.807) is 0 Å². The zero-order chi connectivity index (χ0) is 21.8. The van der Waals surface area contributed by atoms with Crippen LogP contribution >= 0.6 is 0 Å². The van der Waals surface area contributed by atoms with E-state index in [1.807, 2.05) is 24.1 Å². The Kier molecular flexibility index (Phi) is 7.63. The molecule has 8 heteroatoms. The van der Waals surface area contributed by atoms with Crippen LogP contribution in [-0.2, 0) is 16.6 Å². The predicted octanol–water partition coefficient (Wildman–Crippen LogP) is 1.06. The zero-order valence-corrected chi connectivity index (χ0v) is 19.6. The summed E-state index contributed by atoms with van der Waals surface area (Å²) in [7, 11) is 4.13. The third-order valence-electron chi connectivity index (χ3n) is 7.22. The lowest BCUT2D eigenvalue weighted by atomic mass is 9.98. The van der Waals surface area contributed by atoms with Crippen LogP contribution in [0.15, 0.2) is 12.4 Å². The number of carbonyl (C=O) groups is 1. The number of nitrogens with zero attached hydrogens (tertiary/aromatic N) is 6. The van der Waals surface area contributed by atoms with E-state index in [2.05, 4.69) is 38.7 Å². The van der Waals surface area contributed by atoms with Crippen LogP contribution in [0.5, 0.6) is 0 Å². The fourth-order valence-electron chi connectivity index (χ4n) is 5.19. The highest BCUT2D eigenvalue weighted by molar-refractivity contribution is 5.79. The number of aryl methyl sites for hydroxylation is 1. The van der Waals surface area contributed by atoms with Crippen LogP contribution in [0.25, 0.3) is 0 Å². The first-order valence-electron chi connectivity index (χ1n) is 12.0. The molecule has 0 saturated carbocycles. The molecule has 3 aliphatic rings. The third-order valence-corrected chi connectivity index (χ3v) is 7.22. The first-order valence-corrected chi connectivity index (χ1v) is 12.0. The fraction of sp³-hybridized carbons (Fsp3) is 0.826. The number of carbonyl (C=O) groups excluding carboxylic acids is 1. The Morgan fingerprint density at radius 1 is 1.06 bits per heavy atom. The zero-order valence-electron chi connectivity index (χ0n) is 19.6. The number of hydrogen-bond acceptors (Lipinski definition) is 6. The number of ether oxygens (including phenoxy) is 1. The van der Waals surface area contributed by atoms with Crippen LogP contribution in [0, 0.1) is 5.92 Å². The van der Waals surface area contributed by atoms with Gasteiger partial charge < -0.3 is 14.5 Å². The van der Waals surface area contributed by atoms with Crippen molar-refractivity contribution >= 4 is 5.91 Å². The molecule has 4 heterocycles. The summed E-state index contributed by atoms with van der Waals surface area (Å²) in [5, 5.41) is 4.41. The molecule has 3 aliphatic heterocycles. The molecule has 2 atom stereocenters. The number of hydrogen-bond donors (Lipinski definition) is 0. The summed E-state index contributed by atoms with van der Waals surface area (Å²) < 4.78 is 8.14. The van der Waals surface area contributed by atoms with Gasteiger partial charge >= 0.3 is 0 Å². The van der Waals surface area contributed by atoms with Gasteiger partial charge in [-0.1, -0.05) is 6.92 Å². The Bertz CT molecular complexity index is 717. The lowest BCUT2D eigenvalue weighted by molar-refractivity contribution is -0.150. The summed E-state index contributed by atoms with van der Waals surface area (Å²) in [6, 6.07) is -0.0698. The molecule has 0 bridgehead atoms. The second kappa shape index (κ2) is 10.4. The van der Waals surface area contributed by atoms with Gasteiger partial charge in [0.1, 0.15) is 0 Å². The number of rotatable bonds is 5. The quantitative estimate of drug-likeness (QED) is 0.694. The van der Waals surface area contributed by atoms with E-state index in [-0.39, 0.29) is 18.1 Å². The van der Waals surface area contributed by atoms with Gasteiger partial charge in [0, 0.05) is 45.0 Å². The van der Waals surface area contributed by atoms with E-state index in [0.717, 1.165) is 57.3 Å². The maximum atomic E-state index is 13.5. The van der Waals surface area contributed by atoms with E-state index in [1.165, 1.54) is 19.3 Å². The molecule has 0 aromatic carbocycles. The van der Waals surface area contributed by atoms with Crippen molar-refractivity contribution in [3.8, 4) is 0 Å². The van der Waals surface area contributed by atoms with Crippen molar-refractivity contribution in [2.24, 2.45) is 13.0 Å². The SMILES string of the molecule is CC1CCN(CC(=O)N2CCO[C@@H](CN3CCCN(C)CC3)[C@@H]2c2cnn(C)c2)CC1. The minimum absolute atomic E-state index is 0.0216. The highest BCUT2D eigenvalue weighted by Gasteiger charge is 2.38. The Morgan fingerprint density at radius 3 is 2.61 bits per heavy atom. The first kappa shape index (κ1) is 22.7. The second-order valence-corrected chi connectivity index (χ2v) is 9.80. The highest BCUT2D eigenvalue weighted by Crippen LogP contribution is 2.31. The minimum Gasteiger partial charge on any atom is -0.373 e. The van der Waals surface area contributed by atoms with Gasteiger partial charge in [0.15, 0.2) is 0 Å². The van der Waals surface area contributed by atoms with Crippen molar-refractivity contribution in [2.45, 2.75) is 38.3 Å². The Morgan fingerprint density at radius 2 is 1.87 bits per heavy atom. The molecule has 0 aliphatic carbocycles. The van der Waals surface area contributed by atoms with Gasteiger partial charge in [0.2, 0.25) is 5.91 Å². The van der Waals surface area contributed by atoms with Crippen molar-refractivity contribution in [3.63, 3.8) is 0 Å². The number of piperidine rings is 1. The molecular weight excluding hydrogens is 392 g/mol. The summed E-state index contributed by atoms with van der Waals surface area (Å²) in [5.41, 5.74) is 1.08. The molecule has 0 unspecified atom stereocenters. The number of likely N-dealkylation sites (tertiary alicyclic amines) is 1. The predicted molar refractivity (Wildman–Crippen MR) is 121 cm³/mol. The molecule has 3 fully saturated rings. The lowest BCUT2D eigenvalue weighted by Gasteiger charge is -2.43. The molecule has 3 saturated heterocycles. The topological polar surface area (TPSA) is 57.1 Å². The van der Waals surface area contributed by atoms with Crippen molar-refractivity contribution in [2.75, 3.05) is 72.6 Å². The van der Waals surface area contributed by atoms with Crippen molar-refractivity contribution < 1.29 is 9.53 Å². The molecule has 31 heavy (non-hydrogen) atoms. The number of morpholine rings is 1. The van der Waals surface area contributed by atoms with Gasteiger partial charge in [-0.25, -0.2) is 0 Å². The van der Waals surface area contributed by atoms with Crippen molar-refractivity contribution in [3.05, 3.63) is 18.0 Å². The van der Waals surface area contributed by atoms with Crippen molar-refractivity contribution in [1.82, 2.24) is 29.4 Å². The first-order chi connectivity index (χ1) is 15.0. The second-order valence-electron chi connectivity index (χ2n) is 9.80. The summed E-state index contributed by atoms with van der Waals surface area (Å²) in [4.78, 5) is 22.8. The summed E-state index contributed by atoms with van der Waals surface area (Å²) in [5.74, 6) is 1.00. The highest BCUT2D eigenvalue weighted by atomic mass is 16.5. The Balaban J connectivity index is 1.47. The van der Waals surface area contributed by atoms with E-state index < -0.39 is 0 Å². The van der Waals surface area contributed by atoms with Crippen LogP contribution in [0.2, 0.25) is 0 Å². The van der Waals surface area contributed by atoms with Gasteiger partial charge in [-0.15, -0.1) is 0 Å². The van der Waals surface area contributed by atoms with Crippen LogP contribution in [0.4, 0.5) is 0 Å². The van der Waals surface area contributed by atoms with Crippen LogP contribution in [-0.4, -0.2) is 114 Å². The summed E-state index contributed by atoms with van der Waals surface area (Å²) in [6.45, 7) is 11.4. The lowest BCUT2D eigenvalue weighted by Crippen LogP contribution is -2.54. The van der Waals surface area contributed by atoms with Gasteiger partial charge in [0.05, 0.1) is 31.5 Å². The molecule has 0 N–H and O–H groups in total. The minimum atomic E-state index is -0.0698. The number of aromatic nitrogens is 2. The maximum absolute atomic E-state index is 13.5. The maximum Gasteiger partial charge on any atom is 0.237 e. The summed E-state index contributed by atoms with van der Waals surface area (Å²) >= 11 is 0. The van der Waals surface area contributed by atoms with Gasteiger partial charge in [0.25, 0.3) is 0 Å². The smallest absolute Gasteiger partial charge is 0.237 e. The molecule has 1 aromatic rings. The van der Waals surface area contributed by atoms with Gasteiger partial charge in [-0.05, 0) is 58.4 Å². The monoisotopic (exact) mass is 432 g/mol.